The van der Waals surface area contributed by atoms with Crippen LogP contribution in [0.3, 0.4) is 0 Å². The van der Waals surface area contributed by atoms with Gasteiger partial charge in [-0.1, -0.05) is 36.3 Å². The smallest absolute Gasteiger partial charge is 0.119 e. The first-order valence-electron chi connectivity index (χ1n) is 12.6. The predicted molar refractivity (Wildman–Crippen MR) is 129 cm³/mol. The van der Waals surface area contributed by atoms with E-state index in [1.54, 1.807) is 5.57 Å². The Balaban J connectivity index is 1.39. The highest BCUT2D eigenvalue weighted by Gasteiger charge is 2.46. The second kappa shape index (κ2) is 9.70. The van der Waals surface area contributed by atoms with Crippen LogP contribution in [0, 0.1) is 23.7 Å². The third kappa shape index (κ3) is 4.59. The highest BCUT2D eigenvalue weighted by atomic mass is 16.5. The maximum atomic E-state index is 9.86. The van der Waals surface area contributed by atoms with E-state index in [0.717, 1.165) is 61.7 Å². The molecule has 4 fully saturated rings. The summed E-state index contributed by atoms with van der Waals surface area (Å²) in [5.41, 5.74) is 5.58. The zero-order valence-electron chi connectivity index (χ0n) is 19.0. The highest BCUT2D eigenvalue weighted by Crippen LogP contribution is 2.58. The first kappa shape index (κ1) is 21.6. The molecule has 4 aliphatic carbocycles. The Morgan fingerprint density at radius 3 is 1.88 bits per heavy atom. The molecule has 0 atom stereocenters. The minimum atomic E-state index is 0.282. The van der Waals surface area contributed by atoms with Gasteiger partial charge in [-0.05, 0) is 116 Å². The number of phenols is 1. The standard InChI is InChI=1S/C29H36O3/c30-13-3-1-2-4-14-32-27-11-7-23(8-12-27)28(22-5-9-26(31)10-6-22)29-24-16-20-15-21(18-24)19-25(29)17-20/h5-12,20-21,24-25,30-31H,1-4,13-19H2. The van der Waals surface area contributed by atoms with E-state index in [1.807, 2.05) is 12.1 Å². The molecule has 6 rings (SSSR count). The van der Waals surface area contributed by atoms with Crippen LogP contribution in [0.1, 0.15) is 68.9 Å². The largest absolute Gasteiger partial charge is 0.508 e. The number of allylic oxidation sites excluding steroid dienone is 1. The van der Waals surface area contributed by atoms with Crippen molar-refractivity contribution in [1.29, 1.82) is 0 Å². The van der Waals surface area contributed by atoms with Crippen LogP contribution >= 0.6 is 0 Å². The van der Waals surface area contributed by atoms with Gasteiger partial charge in [0.1, 0.15) is 11.5 Å². The second-order valence-corrected chi connectivity index (χ2v) is 10.2. The van der Waals surface area contributed by atoms with Gasteiger partial charge in [0.15, 0.2) is 0 Å². The van der Waals surface area contributed by atoms with Gasteiger partial charge in [0, 0.05) is 6.61 Å². The van der Waals surface area contributed by atoms with Crippen LogP contribution in [0.4, 0.5) is 0 Å². The van der Waals surface area contributed by atoms with Crippen molar-refractivity contribution in [3.8, 4) is 11.5 Å². The molecule has 4 aliphatic rings. The normalized spacial score (nSPS) is 25.8. The van der Waals surface area contributed by atoms with E-state index in [0.29, 0.717) is 5.75 Å². The van der Waals surface area contributed by atoms with Gasteiger partial charge in [0.25, 0.3) is 0 Å². The number of hydrogen-bond acceptors (Lipinski definition) is 3. The van der Waals surface area contributed by atoms with Gasteiger partial charge >= 0.3 is 0 Å². The van der Waals surface area contributed by atoms with Crippen molar-refractivity contribution < 1.29 is 14.9 Å². The number of phenolic OH excluding ortho intramolecular Hbond substituents is 1. The maximum absolute atomic E-state index is 9.86. The van der Waals surface area contributed by atoms with E-state index in [4.69, 9.17) is 9.84 Å². The number of aromatic hydroxyl groups is 1. The molecule has 0 aliphatic heterocycles. The second-order valence-electron chi connectivity index (χ2n) is 10.2. The fraction of sp³-hybridized carbons (Fsp3) is 0.517. The number of benzene rings is 2. The van der Waals surface area contributed by atoms with Crippen LogP contribution in [0.25, 0.3) is 5.57 Å². The Hall–Kier alpha value is -2.26. The fourth-order valence-corrected chi connectivity index (χ4v) is 6.70. The van der Waals surface area contributed by atoms with Crippen LogP contribution in [-0.2, 0) is 0 Å². The van der Waals surface area contributed by atoms with E-state index in [2.05, 4.69) is 36.4 Å². The van der Waals surface area contributed by atoms with Gasteiger partial charge < -0.3 is 14.9 Å². The van der Waals surface area contributed by atoms with Gasteiger partial charge in [-0.3, -0.25) is 0 Å². The molecular formula is C29H36O3. The molecule has 0 radical (unpaired) electrons. The molecule has 0 unspecified atom stereocenters. The molecule has 0 amide bonds. The van der Waals surface area contributed by atoms with Crippen molar-refractivity contribution in [3.05, 3.63) is 65.2 Å². The quantitative estimate of drug-likeness (QED) is 0.440. The summed E-state index contributed by atoms with van der Waals surface area (Å²) < 4.78 is 5.97. The summed E-state index contributed by atoms with van der Waals surface area (Å²) in [5, 5.41) is 18.7. The van der Waals surface area contributed by atoms with Crippen molar-refractivity contribution in [2.24, 2.45) is 23.7 Å². The SMILES string of the molecule is OCCCCCCOc1ccc(C(=C2C3CC4CC(C3)CC2C4)c2ccc(O)cc2)cc1. The van der Waals surface area contributed by atoms with Crippen LogP contribution in [0.15, 0.2) is 54.1 Å². The third-order valence-electron chi connectivity index (χ3n) is 7.93. The molecule has 2 aromatic rings. The Labute approximate surface area is 192 Å². The zero-order chi connectivity index (χ0) is 21.9. The topological polar surface area (TPSA) is 49.7 Å². The number of aliphatic hydroxyl groups excluding tert-OH is 1. The Morgan fingerprint density at radius 1 is 0.719 bits per heavy atom. The molecule has 0 spiro atoms. The molecule has 0 aromatic heterocycles. The monoisotopic (exact) mass is 432 g/mol. The fourth-order valence-electron chi connectivity index (χ4n) is 6.70. The average Bonchev–Trinajstić information content (AvgIpc) is 2.80. The lowest BCUT2D eigenvalue weighted by molar-refractivity contribution is 0.0705. The number of rotatable bonds is 9. The first-order chi connectivity index (χ1) is 15.7. The Kier molecular flexibility index (Phi) is 6.54. The number of ether oxygens (including phenoxy) is 1. The first-order valence-corrected chi connectivity index (χ1v) is 12.6. The summed E-state index contributed by atoms with van der Waals surface area (Å²) in [5.74, 6) is 4.59. The van der Waals surface area contributed by atoms with Gasteiger partial charge in [-0.15, -0.1) is 0 Å². The molecule has 4 saturated carbocycles. The summed E-state index contributed by atoms with van der Waals surface area (Å²) in [4.78, 5) is 0. The van der Waals surface area contributed by atoms with Gasteiger partial charge in [-0.25, -0.2) is 0 Å². The van der Waals surface area contributed by atoms with E-state index < -0.39 is 0 Å². The Bertz CT molecular complexity index is 896. The van der Waals surface area contributed by atoms with Crippen LogP contribution < -0.4 is 4.74 Å². The lowest BCUT2D eigenvalue weighted by Crippen LogP contribution is -2.40. The van der Waals surface area contributed by atoms with Gasteiger partial charge in [-0.2, -0.15) is 0 Å². The minimum Gasteiger partial charge on any atom is -0.508 e. The molecule has 2 aromatic carbocycles. The van der Waals surface area contributed by atoms with Crippen LogP contribution in [0.5, 0.6) is 11.5 Å². The molecule has 4 bridgehead atoms. The molecule has 3 heteroatoms. The predicted octanol–water partition coefficient (Wildman–Crippen LogP) is 6.58. The summed E-state index contributed by atoms with van der Waals surface area (Å²) in [6, 6.07) is 16.5. The van der Waals surface area contributed by atoms with Gasteiger partial charge in [0.05, 0.1) is 6.61 Å². The molecule has 3 nitrogen and oxygen atoms in total. The number of hydrogen-bond donors (Lipinski definition) is 2. The zero-order valence-corrected chi connectivity index (χ0v) is 19.0. The van der Waals surface area contributed by atoms with Gasteiger partial charge in [0.2, 0.25) is 0 Å². The molecule has 32 heavy (non-hydrogen) atoms. The summed E-state index contributed by atoms with van der Waals surface area (Å²) in [7, 11) is 0. The van der Waals surface area contributed by atoms with E-state index in [1.165, 1.54) is 48.8 Å². The minimum absolute atomic E-state index is 0.282. The Morgan fingerprint density at radius 2 is 1.28 bits per heavy atom. The summed E-state index contributed by atoms with van der Waals surface area (Å²) in [6.07, 6.45) is 11.0. The van der Waals surface area contributed by atoms with Crippen molar-refractivity contribution in [2.45, 2.75) is 57.8 Å². The highest BCUT2D eigenvalue weighted by molar-refractivity contribution is 5.83. The lowest BCUT2D eigenvalue weighted by Gasteiger charge is -2.52. The summed E-state index contributed by atoms with van der Waals surface area (Å²) in [6.45, 7) is 1.01. The van der Waals surface area contributed by atoms with E-state index >= 15 is 0 Å². The van der Waals surface area contributed by atoms with Crippen LogP contribution in [0.2, 0.25) is 0 Å². The van der Waals surface area contributed by atoms with Crippen molar-refractivity contribution >= 4 is 5.57 Å². The molecule has 2 N–H and O–H groups in total. The van der Waals surface area contributed by atoms with Crippen molar-refractivity contribution in [1.82, 2.24) is 0 Å². The van der Waals surface area contributed by atoms with E-state index in [9.17, 15) is 5.11 Å². The lowest BCUT2D eigenvalue weighted by atomic mass is 9.53. The maximum Gasteiger partial charge on any atom is 0.119 e. The molecule has 170 valence electrons. The number of unbranched alkanes of at least 4 members (excludes halogenated alkanes) is 3. The number of aliphatic hydroxyl groups is 1. The molecule has 0 heterocycles. The average molecular weight is 433 g/mol. The van der Waals surface area contributed by atoms with E-state index in [-0.39, 0.29) is 6.61 Å². The molecular weight excluding hydrogens is 396 g/mol. The van der Waals surface area contributed by atoms with Crippen molar-refractivity contribution in [2.75, 3.05) is 13.2 Å². The summed E-state index contributed by atoms with van der Waals surface area (Å²) >= 11 is 0. The van der Waals surface area contributed by atoms with Crippen molar-refractivity contribution in [3.63, 3.8) is 0 Å². The van der Waals surface area contributed by atoms with Crippen LogP contribution in [-0.4, -0.2) is 23.4 Å². The third-order valence-corrected chi connectivity index (χ3v) is 7.93. The molecule has 0 saturated heterocycles.